The Morgan fingerprint density at radius 2 is 2.22 bits per heavy atom. The SMILES string of the molecule is C[C@]12CCCC(=O)[C@@]1(O)CC[C@@H]2C(=O)OCCO. The Labute approximate surface area is 106 Å². The predicted octanol–water partition coefficient (Wildman–Crippen LogP) is 0.422. The fourth-order valence-corrected chi connectivity index (χ4v) is 3.53. The average molecular weight is 256 g/mol. The van der Waals surface area contributed by atoms with Crippen LogP contribution in [0.5, 0.6) is 0 Å². The zero-order valence-electron chi connectivity index (χ0n) is 10.6. The van der Waals surface area contributed by atoms with Crippen LogP contribution < -0.4 is 0 Å². The van der Waals surface area contributed by atoms with E-state index < -0.39 is 22.9 Å². The molecule has 0 amide bonds. The van der Waals surface area contributed by atoms with Crippen molar-refractivity contribution in [3.8, 4) is 0 Å². The molecule has 0 bridgehead atoms. The van der Waals surface area contributed by atoms with Crippen LogP contribution in [-0.2, 0) is 14.3 Å². The first kappa shape index (κ1) is 13.5. The number of ether oxygens (including phenoxy) is 1. The summed E-state index contributed by atoms with van der Waals surface area (Å²) in [6.45, 7) is 1.57. The van der Waals surface area contributed by atoms with Crippen LogP contribution in [0, 0.1) is 11.3 Å². The van der Waals surface area contributed by atoms with Gasteiger partial charge in [-0.25, -0.2) is 0 Å². The second kappa shape index (κ2) is 4.63. The van der Waals surface area contributed by atoms with Crippen molar-refractivity contribution in [2.75, 3.05) is 13.2 Å². The molecule has 102 valence electrons. The second-order valence-electron chi connectivity index (χ2n) is 5.54. The monoisotopic (exact) mass is 256 g/mol. The Kier molecular flexibility index (Phi) is 3.47. The summed E-state index contributed by atoms with van der Waals surface area (Å²) < 4.78 is 4.96. The summed E-state index contributed by atoms with van der Waals surface area (Å²) in [5, 5.41) is 19.2. The first-order chi connectivity index (χ1) is 8.45. The van der Waals surface area contributed by atoms with Crippen molar-refractivity contribution in [3.63, 3.8) is 0 Å². The lowest BCUT2D eigenvalue weighted by atomic mass is 9.62. The van der Waals surface area contributed by atoms with Crippen LogP contribution in [0.4, 0.5) is 0 Å². The number of fused-ring (bicyclic) bond motifs is 1. The molecule has 0 aromatic carbocycles. The number of hydrogen-bond donors (Lipinski definition) is 2. The molecule has 3 atom stereocenters. The normalized spacial score (nSPS) is 39.5. The zero-order chi connectivity index (χ0) is 13.4. The molecule has 0 spiro atoms. The van der Waals surface area contributed by atoms with Gasteiger partial charge < -0.3 is 14.9 Å². The molecule has 2 fully saturated rings. The van der Waals surface area contributed by atoms with Crippen molar-refractivity contribution in [2.45, 2.75) is 44.6 Å². The number of carbonyl (C=O) groups is 2. The first-order valence-corrected chi connectivity index (χ1v) is 6.49. The van der Waals surface area contributed by atoms with Crippen molar-refractivity contribution in [1.82, 2.24) is 0 Å². The first-order valence-electron chi connectivity index (χ1n) is 6.49. The minimum Gasteiger partial charge on any atom is -0.463 e. The van der Waals surface area contributed by atoms with Crippen molar-refractivity contribution >= 4 is 11.8 Å². The molecule has 2 aliphatic carbocycles. The number of rotatable bonds is 3. The molecule has 0 aromatic rings. The van der Waals surface area contributed by atoms with Gasteiger partial charge in [0.15, 0.2) is 5.78 Å². The molecule has 0 saturated heterocycles. The number of aliphatic hydroxyl groups excluding tert-OH is 1. The van der Waals surface area contributed by atoms with Gasteiger partial charge in [-0.1, -0.05) is 6.92 Å². The molecule has 0 radical (unpaired) electrons. The third-order valence-electron chi connectivity index (χ3n) is 4.69. The summed E-state index contributed by atoms with van der Waals surface area (Å²) in [7, 11) is 0. The predicted molar refractivity (Wildman–Crippen MR) is 62.7 cm³/mol. The van der Waals surface area contributed by atoms with Crippen LogP contribution >= 0.6 is 0 Å². The van der Waals surface area contributed by atoms with E-state index in [0.717, 1.165) is 0 Å². The van der Waals surface area contributed by atoms with Gasteiger partial charge in [0, 0.05) is 11.8 Å². The van der Waals surface area contributed by atoms with Crippen LogP contribution in [-0.4, -0.2) is 40.8 Å². The molecule has 2 saturated carbocycles. The van der Waals surface area contributed by atoms with Gasteiger partial charge in [0.25, 0.3) is 0 Å². The third-order valence-corrected chi connectivity index (χ3v) is 4.69. The molecular weight excluding hydrogens is 236 g/mol. The fraction of sp³-hybridized carbons (Fsp3) is 0.846. The topological polar surface area (TPSA) is 83.8 Å². The Morgan fingerprint density at radius 1 is 1.50 bits per heavy atom. The molecule has 5 nitrogen and oxygen atoms in total. The number of Topliss-reactive ketones (excluding diaryl/α,β-unsaturated/α-hetero) is 1. The highest BCUT2D eigenvalue weighted by molar-refractivity contribution is 5.91. The van der Waals surface area contributed by atoms with Crippen molar-refractivity contribution in [3.05, 3.63) is 0 Å². The summed E-state index contributed by atoms with van der Waals surface area (Å²) >= 11 is 0. The Bertz CT molecular complexity index is 366. The highest BCUT2D eigenvalue weighted by Gasteiger charge is 2.63. The zero-order valence-corrected chi connectivity index (χ0v) is 10.6. The largest absolute Gasteiger partial charge is 0.463 e. The van der Waals surface area contributed by atoms with Crippen LogP contribution in [0.1, 0.15) is 39.0 Å². The lowest BCUT2D eigenvalue weighted by Gasteiger charge is -2.44. The van der Waals surface area contributed by atoms with Gasteiger partial charge in [-0.2, -0.15) is 0 Å². The minimum atomic E-state index is -1.37. The maximum absolute atomic E-state index is 12.0. The Balaban J connectivity index is 2.20. The van der Waals surface area contributed by atoms with E-state index in [-0.39, 0.29) is 19.0 Å². The van der Waals surface area contributed by atoms with E-state index in [1.54, 1.807) is 0 Å². The van der Waals surface area contributed by atoms with E-state index in [1.807, 2.05) is 6.92 Å². The maximum atomic E-state index is 12.0. The quantitative estimate of drug-likeness (QED) is 0.715. The molecular formula is C13H20O5. The van der Waals surface area contributed by atoms with E-state index >= 15 is 0 Å². The highest BCUT2D eigenvalue weighted by Crippen LogP contribution is 2.56. The van der Waals surface area contributed by atoms with E-state index in [9.17, 15) is 14.7 Å². The van der Waals surface area contributed by atoms with Gasteiger partial charge in [0.1, 0.15) is 12.2 Å². The lowest BCUT2D eigenvalue weighted by molar-refractivity contribution is -0.168. The smallest absolute Gasteiger partial charge is 0.309 e. The molecule has 2 N–H and O–H groups in total. The van der Waals surface area contributed by atoms with Crippen LogP contribution in [0.25, 0.3) is 0 Å². The van der Waals surface area contributed by atoms with Gasteiger partial charge in [0.05, 0.1) is 12.5 Å². The molecule has 0 heterocycles. The van der Waals surface area contributed by atoms with Gasteiger partial charge >= 0.3 is 5.97 Å². The number of carbonyl (C=O) groups excluding carboxylic acids is 2. The lowest BCUT2D eigenvalue weighted by Crippen LogP contribution is -2.55. The number of aliphatic hydroxyl groups is 2. The molecule has 18 heavy (non-hydrogen) atoms. The maximum Gasteiger partial charge on any atom is 0.309 e. The van der Waals surface area contributed by atoms with E-state index in [1.165, 1.54) is 0 Å². The van der Waals surface area contributed by atoms with Crippen molar-refractivity contribution in [1.29, 1.82) is 0 Å². The number of ketones is 1. The molecule has 0 aromatic heterocycles. The summed E-state index contributed by atoms with van der Waals surface area (Å²) in [4.78, 5) is 23.9. The van der Waals surface area contributed by atoms with Gasteiger partial charge in [0.2, 0.25) is 0 Å². The fourth-order valence-electron chi connectivity index (χ4n) is 3.53. The van der Waals surface area contributed by atoms with Crippen LogP contribution in [0.2, 0.25) is 0 Å². The molecule has 2 aliphatic rings. The van der Waals surface area contributed by atoms with Crippen LogP contribution in [0.3, 0.4) is 0 Å². The van der Waals surface area contributed by atoms with Crippen LogP contribution in [0.15, 0.2) is 0 Å². The third kappa shape index (κ3) is 1.77. The molecule has 5 heteroatoms. The Morgan fingerprint density at radius 3 is 2.89 bits per heavy atom. The van der Waals surface area contributed by atoms with E-state index in [0.29, 0.717) is 32.1 Å². The minimum absolute atomic E-state index is 0.0300. The second-order valence-corrected chi connectivity index (χ2v) is 5.54. The molecule has 2 rings (SSSR count). The van der Waals surface area contributed by atoms with E-state index in [2.05, 4.69) is 0 Å². The van der Waals surface area contributed by atoms with Gasteiger partial charge in [-0.15, -0.1) is 0 Å². The number of hydrogen-bond acceptors (Lipinski definition) is 5. The summed E-state index contributed by atoms with van der Waals surface area (Å²) in [5.74, 6) is -0.996. The summed E-state index contributed by atoms with van der Waals surface area (Å²) in [6, 6.07) is 0. The number of esters is 1. The summed E-state index contributed by atoms with van der Waals surface area (Å²) in [5.41, 5.74) is -2.08. The highest BCUT2D eigenvalue weighted by atomic mass is 16.5. The van der Waals surface area contributed by atoms with Gasteiger partial charge in [-0.05, 0) is 25.7 Å². The van der Waals surface area contributed by atoms with Gasteiger partial charge in [-0.3, -0.25) is 9.59 Å². The molecule has 0 unspecified atom stereocenters. The average Bonchev–Trinajstić information content (AvgIpc) is 2.61. The van der Waals surface area contributed by atoms with Crippen molar-refractivity contribution in [2.24, 2.45) is 11.3 Å². The molecule has 0 aliphatic heterocycles. The Hall–Kier alpha value is -0.940. The van der Waals surface area contributed by atoms with E-state index in [4.69, 9.17) is 9.84 Å². The summed E-state index contributed by atoms with van der Waals surface area (Å²) in [6.07, 6.45) is 2.57. The van der Waals surface area contributed by atoms with Crippen molar-refractivity contribution < 1.29 is 24.5 Å². The standard InChI is InChI=1S/C13H20O5/c1-12-5-2-3-10(15)13(12,17)6-4-9(12)11(16)18-8-7-14/h9,14,17H,2-8H2,1H3/t9-,12-,13+/m1/s1.